The lowest BCUT2D eigenvalue weighted by atomic mass is 10.2. The van der Waals surface area contributed by atoms with Gasteiger partial charge >= 0.3 is 0 Å². The van der Waals surface area contributed by atoms with Crippen molar-refractivity contribution in [3.8, 4) is 0 Å². The van der Waals surface area contributed by atoms with Crippen molar-refractivity contribution < 1.29 is 0 Å². The van der Waals surface area contributed by atoms with Crippen LogP contribution in [0.3, 0.4) is 0 Å². The largest absolute Gasteiger partial charge is 0.396 e. The molecule has 0 saturated heterocycles. The third kappa shape index (κ3) is 2.70. The number of halogens is 2. The van der Waals surface area contributed by atoms with Gasteiger partial charge in [-0.05, 0) is 52.7 Å². The average molecular weight is 313 g/mol. The molecule has 2 rings (SSSR count). The highest BCUT2D eigenvalue weighted by atomic mass is 79.9. The Labute approximate surface area is 113 Å². The van der Waals surface area contributed by atoms with E-state index in [1.807, 2.05) is 25.1 Å². The zero-order valence-corrected chi connectivity index (χ0v) is 11.5. The fraction of sp³-hybridized carbons (Fsp3) is 0.0833. The van der Waals surface area contributed by atoms with Gasteiger partial charge in [0.05, 0.1) is 10.7 Å². The Balaban J connectivity index is 2.31. The van der Waals surface area contributed by atoms with Gasteiger partial charge in [-0.2, -0.15) is 0 Å². The second-order valence-electron chi connectivity index (χ2n) is 3.64. The van der Waals surface area contributed by atoms with E-state index in [0.29, 0.717) is 16.5 Å². The molecule has 0 saturated carbocycles. The third-order valence-electron chi connectivity index (χ3n) is 2.39. The molecule has 0 radical (unpaired) electrons. The zero-order chi connectivity index (χ0) is 12.4. The summed E-state index contributed by atoms with van der Waals surface area (Å²) in [5, 5.41) is 3.82. The number of aryl methyl sites for hydroxylation is 1. The van der Waals surface area contributed by atoms with Crippen LogP contribution in [0.15, 0.2) is 34.9 Å². The normalized spacial score (nSPS) is 10.3. The minimum absolute atomic E-state index is 0.651. The van der Waals surface area contributed by atoms with Crippen molar-refractivity contribution in [1.82, 2.24) is 4.98 Å². The number of anilines is 3. The molecule has 0 aliphatic rings. The van der Waals surface area contributed by atoms with E-state index >= 15 is 0 Å². The first-order chi connectivity index (χ1) is 8.08. The van der Waals surface area contributed by atoms with E-state index in [0.717, 1.165) is 15.7 Å². The first-order valence-electron chi connectivity index (χ1n) is 5.01. The number of nitrogens with zero attached hydrogens (tertiary/aromatic N) is 1. The van der Waals surface area contributed by atoms with Gasteiger partial charge in [0.2, 0.25) is 0 Å². The summed E-state index contributed by atoms with van der Waals surface area (Å²) in [6.45, 7) is 1.94. The van der Waals surface area contributed by atoms with Crippen molar-refractivity contribution in [2.45, 2.75) is 6.92 Å². The molecule has 1 aromatic carbocycles. The number of hydrogen-bond acceptors (Lipinski definition) is 3. The van der Waals surface area contributed by atoms with Crippen molar-refractivity contribution in [2.24, 2.45) is 0 Å². The molecule has 0 bridgehead atoms. The van der Waals surface area contributed by atoms with Crippen molar-refractivity contribution in [1.29, 1.82) is 0 Å². The van der Waals surface area contributed by atoms with Crippen molar-refractivity contribution >= 4 is 44.7 Å². The molecule has 3 nitrogen and oxygen atoms in total. The standard InChI is InChI=1S/C12H11BrClN3/c1-7-4-5-16-12(11(7)15)17-8-2-3-10(14)9(13)6-8/h2-6H,15H2,1H3,(H,16,17). The van der Waals surface area contributed by atoms with E-state index in [1.54, 1.807) is 12.3 Å². The van der Waals surface area contributed by atoms with Gasteiger partial charge in [-0.15, -0.1) is 0 Å². The summed E-state index contributed by atoms with van der Waals surface area (Å²) in [6, 6.07) is 7.43. The monoisotopic (exact) mass is 311 g/mol. The first kappa shape index (κ1) is 12.2. The minimum atomic E-state index is 0.651. The van der Waals surface area contributed by atoms with Gasteiger partial charge in [0.25, 0.3) is 0 Å². The number of nitrogens with one attached hydrogen (secondary N) is 1. The number of nitrogens with two attached hydrogens (primary N) is 1. The Morgan fingerprint density at radius 1 is 1.35 bits per heavy atom. The molecule has 1 aromatic heterocycles. The highest BCUT2D eigenvalue weighted by molar-refractivity contribution is 9.10. The Kier molecular flexibility index (Phi) is 3.54. The maximum Gasteiger partial charge on any atom is 0.153 e. The number of aromatic nitrogens is 1. The van der Waals surface area contributed by atoms with Gasteiger partial charge in [-0.3, -0.25) is 0 Å². The highest BCUT2D eigenvalue weighted by Crippen LogP contribution is 2.28. The van der Waals surface area contributed by atoms with Crippen LogP contribution >= 0.6 is 27.5 Å². The predicted molar refractivity (Wildman–Crippen MR) is 75.8 cm³/mol. The third-order valence-corrected chi connectivity index (χ3v) is 3.60. The minimum Gasteiger partial charge on any atom is -0.396 e. The van der Waals surface area contributed by atoms with E-state index in [4.69, 9.17) is 17.3 Å². The molecule has 3 N–H and O–H groups in total. The maximum absolute atomic E-state index is 5.94. The summed E-state index contributed by atoms with van der Waals surface area (Å²) in [6.07, 6.45) is 1.72. The first-order valence-corrected chi connectivity index (χ1v) is 6.18. The quantitative estimate of drug-likeness (QED) is 0.876. The number of pyridine rings is 1. The fourth-order valence-electron chi connectivity index (χ4n) is 1.38. The lowest BCUT2D eigenvalue weighted by molar-refractivity contribution is 1.28. The van der Waals surface area contributed by atoms with Crippen molar-refractivity contribution in [2.75, 3.05) is 11.1 Å². The van der Waals surface area contributed by atoms with Gasteiger partial charge in [0, 0.05) is 16.4 Å². The molecule has 0 aliphatic carbocycles. The van der Waals surface area contributed by atoms with Gasteiger partial charge in [0.15, 0.2) is 5.82 Å². The van der Waals surface area contributed by atoms with Crippen LogP contribution in [0.25, 0.3) is 0 Å². The summed E-state index contributed by atoms with van der Waals surface area (Å²) in [5.41, 5.74) is 8.46. The molecule has 0 atom stereocenters. The van der Waals surface area contributed by atoms with E-state index < -0.39 is 0 Å². The lowest BCUT2D eigenvalue weighted by Crippen LogP contribution is -2.00. The Morgan fingerprint density at radius 2 is 2.12 bits per heavy atom. The van der Waals surface area contributed by atoms with Crippen molar-refractivity contribution in [3.05, 3.63) is 45.5 Å². The molecule has 0 aliphatic heterocycles. The van der Waals surface area contributed by atoms with E-state index in [1.165, 1.54) is 0 Å². The summed E-state index contributed by atoms with van der Waals surface area (Å²) >= 11 is 9.29. The van der Waals surface area contributed by atoms with Crippen LogP contribution in [0.2, 0.25) is 5.02 Å². The van der Waals surface area contributed by atoms with Gasteiger partial charge < -0.3 is 11.1 Å². The molecule has 0 spiro atoms. The van der Waals surface area contributed by atoms with Crippen LogP contribution in [0.4, 0.5) is 17.2 Å². The van der Waals surface area contributed by atoms with Gasteiger partial charge in [-0.25, -0.2) is 4.98 Å². The highest BCUT2D eigenvalue weighted by Gasteiger charge is 2.04. The van der Waals surface area contributed by atoms with Crippen LogP contribution in [-0.4, -0.2) is 4.98 Å². The number of benzene rings is 1. The van der Waals surface area contributed by atoms with Crippen LogP contribution in [-0.2, 0) is 0 Å². The molecule has 2 aromatic rings. The predicted octanol–water partition coefficient (Wildman–Crippen LogP) is 4.13. The SMILES string of the molecule is Cc1ccnc(Nc2ccc(Cl)c(Br)c2)c1N. The summed E-state index contributed by atoms with van der Waals surface area (Å²) in [4.78, 5) is 4.20. The van der Waals surface area contributed by atoms with E-state index in [-0.39, 0.29) is 0 Å². The molecular formula is C12H11BrClN3. The molecule has 0 amide bonds. The van der Waals surface area contributed by atoms with Gasteiger partial charge in [-0.1, -0.05) is 11.6 Å². The Hall–Kier alpha value is -1.26. The number of nitrogen functional groups attached to an aromatic ring is 1. The molecule has 17 heavy (non-hydrogen) atoms. The summed E-state index contributed by atoms with van der Waals surface area (Å²) in [7, 11) is 0. The second kappa shape index (κ2) is 4.94. The molecular weight excluding hydrogens is 302 g/mol. The topological polar surface area (TPSA) is 50.9 Å². The molecule has 88 valence electrons. The van der Waals surface area contributed by atoms with Crippen LogP contribution < -0.4 is 11.1 Å². The van der Waals surface area contributed by atoms with E-state index in [2.05, 4.69) is 26.2 Å². The summed E-state index contributed by atoms with van der Waals surface area (Å²) in [5.74, 6) is 0.652. The van der Waals surface area contributed by atoms with Crippen LogP contribution in [0, 0.1) is 6.92 Å². The van der Waals surface area contributed by atoms with Crippen molar-refractivity contribution in [3.63, 3.8) is 0 Å². The zero-order valence-electron chi connectivity index (χ0n) is 9.17. The maximum atomic E-state index is 5.94. The number of hydrogen-bond donors (Lipinski definition) is 2. The molecule has 1 heterocycles. The second-order valence-corrected chi connectivity index (χ2v) is 4.91. The van der Waals surface area contributed by atoms with E-state index in [9.17, 15) is 0 Å². The molecule has 0 fully saturated rings. The van der Waals surface area contributed by atoms with Gasteiger partial charge in [0.1, 0.15) is 0 Å². The Bertz CT molecular complexity index is 557. The number of rotatable bonds is 2. The summed E-state index contributed by atoms with van der Waals surface area (Å²) < 4.78 is 0.829. The fourth-order valence-corrected chi connectivity index (χ4v) is 1.88. The smallest absolute Gasteiger partial charge is 0.153 e. The van der Waals surface area contributed by atoms with Crippen LogP contribution in [0.1, 0.15) is 5.56 Å². The molecule has 5 heteroatoms. The lowest BCUT2D eigenvalue weighted by Gasteiger charge is -2.10. The van der Waals surface area contributed by atoms with Crippen LogP contribution in [0.5, 0.6) is 0 Å². The Morgan fingerprint density at radius 3 is 2.82 bits per heavy atom. The molecule has 0 unspecified atom stereocenters. The average Bonchev–Trinajstić information content (AvgIpc) is 2.30.